The fourth-order valence-electron chi connectivity index (χ4n) is 2.75. The van der Waals surface area contributed by atoms with Gasteiger partial charge in [-0.25, -0.2) is 0 Å². The first kappa shape index (κ1) is 15.8. The molecule has 0 bridgehead atoms. The normalized spacial score (nSPS) is 26.4. The van der Waals surface area contributed by atoms with Crippen LogP contribution in [-0.4, -0.2) is 31.1 Å². The third-order valence-electron chi connectivity index (χ3n) is 4.64. The van der Waals surface area contributed by atoms with Crippen molar-refractivity contribution in [1.29, 1.82) is 0 Å². The third-order valence-corrected chi connectivity index (χ3v) is 4.64. The molecule has 0 aromatic rings. The van der Waals surface area contributed by atoms with E-state index in [1.807, 2.05) is 20.8 Å². The minimum absolute atomic E-state index is 0.0153. The Hall–Kier alpha value is -0.610. The van der Waals surface area contributed by atoms with Crippen LogP contribution in [0.15, 0.2) is 0 Å². The summed E-state index contributed by atoms with van der Waals surface area (Å²) in [6, 6.07) is 0. The largest absolute Gasteiger partial charge is 0.463 e. The summed E-state index contributed by atoms with van der Waals surface area (Å²) in [7, 11) is 0. The highest BCUT2D eigenvalue weighted by Gasteiger charge is 2.40. The number of hydrogen-bond acceptors (Lipinski definition) is 4. The van der Waals surface area contributed by atoms with Crippen LogP contribution in [0.2, 0.25) is 0 Å². The Labute approximate surface area is 122 Å². The van der Waals surface area contributed by atoms with Crippen LogP contribution < -0.4 is 0 Å². The van der Waals surface area contributed by atoms with Crippen molar-refractivity contribution in [1.82, 2.24) is 0 Å². The Morgan fingerprint density at radius 3 is 2.65 bits per heavy atom. The van der Waals surface area contributed by atoms with Crippen LogP contribution in [-0.2, 0) is 19.0 Å². The van der Waals surface area contributed by atoms with Crippen molar-refractivity contribution in [3.05, 3.63) is 0 Å². The maximum Gasteiger partial charge on any atom is 0.311 e. The Morgan fingerprint density at radius 1 is 1.30 bits per heavy atom. The van der Waals surface area contributed by atoms with Crippen molar-refractivity contribution >= 4 is 5.97 Å². The van der Waals surface area contributed by atoms with Gasteiger partial charge in [-0.15, -0.1) is 0 Å². The Morgan fingerprint density at radius 2 is 2.00 bits per heavy atom. The maximum atomic E-state index is 12.0. The number of esters is 1. The minimum atomic E-state index is -0.409. The summed E-state index contributed by atoms with van der Waals surface area (Å²) in [5, 5.41) is 0. The van der Waals surface area contributed by atoms with Crippen molar-refractivity contribution < 1.29 is 19.0 Å². The van der Waals surface area contributed by atoms with E-state index in [1.165, 1.54) is 6.42 Å². The first-order valence-corrected chi connectivity index (χ1v) is 7.96. The summed E-state index contributed by atoms with van der Waals surface area (Å²) in [6.07, 6.45) is 7.10. The van der Waals surface area contributed by atoms with E-state index in [0.717, 1.165) is 38.5 Å². The topological polar surface area (TPSA) is 44.8 Å². The molecule has 4 heteroatoms. The number of carbonyl (C=O) groups is 1. The first-order valence-electron chi connectivity index (χ1n) is 7.96. The van der Waals surface area contributed by atoms with E-state index in [1.54, 1.807) is 0 Å². The molecule has 0 radical (unpaired) electrons. The molecular formula is C16H28O4. The van der Waals surface area contributed by atoms with Crippen LogP contribution in [0.25, 0.3) is 0 Å². The summed E-state index contributed by atoms with van der Waals surface area (Å²) < 4.78 is 17.4. The number of rotatable bonds is 4. The van der Waals surface area contributed by atoms with E-state index in [-0.39, 0.29) is 12.1 Å². The monoisotopic (exact) mass is 284 g/mol. The van der Waals surface area contributed by atoms with Crippen LogP contribution in [0, 0.1) is 5.41 Å². The molecule has 2 fully saturated rings. The average molecular weight is 284 g/mol. The zero-order valence-electron chi connectivity index (χ0n) is 13.1. The van der Waals surface area contributed by atoms with Crippen LogP contribution >= 0.6 is 0 Å². The molecule has 1 saturated carbocycles. The molecule has 1 aliphatic heterocycles. The zero-order chi connectivity index (χ0) is 14.6. The summed E-state index contributed by atoms with van der Waals surface area (Å²) in [4.78, 5) is 12.0. The van der Waals surface area contributed by atoms with Gasteiger partial charge in [0.15, 0.2) is 5.79 Å². The number of hydrogen-bond donors (Lipinski definition) is 0. The maximum absolute atomic E-state index is 12.0. The molecule has 2 rings (SSSR count). The minimum Gasteiger partial charge on any atom is -0.463 e. The standard InChI is InChI=1S/C16H28O4/c1-4-15(2,3)14(17)18-12-13-8-11-19-16(20-13)9-6-5-7-10-16/h13H,4-12H2,1-3H3. The van der Waals surface area contributed by atoms with Crippen molar-refractivity contribution in [2.45, 2.75) is 77.6 Å². The molecule has 116 valence electrons. The fraction of sp³-hybridized carbons (Fsp3) is 0.938. The molecule has 4 nitrogen and oxygen atoms in total. The first-order chi connectivity index (χ1) is 9.47. The predicted octanol–water partition coefficient (Wildman–Crippen LogP) is 3.43. The van der Waals surface area contributed by atoms with E-state index < -0.39 is 11.2 Å². The molecule has 1 aliphatic carbocycles. The lowest BCUT2D eigenvalue weighted by Crippen LogP contribution is -2.47. The van der Waals surface area contributed by atoms with Crippen molar-refractivity contribution in [2.75, 3.05) is 13.2 Å². The molecule has 0 aromatic heterocycles. The Balaban J connectivity index is 1.83. The van der Waals surface area contributed by atoms with Crippen molar-refractivity contribution in [2.24, 2.45) is 5.41 Å². The predicted molar refractivity (Wildman–Crippen MR) is 76.3 cm³/mol. The van der Waals surface area contributed by atoms with Gasteiger partial charge in [0.25, 0.3) is 0 Å². The van der Waals surface area contributed by atoms with Gasteiger partial charge >= 0.3 is 5.97 Å². The smallest absolute Gasteiger partial charge is 0.311 e. The lowest BCUT2D eigenvalue weighted by atomic mass is 9.91. The summed E-state index contributed by atoms with van der Waals surface area (Å²) in [5.74, 6) is -0.527. The van der Waals surface area contributed by atoms with E-state index in [4.69, 9.17) is 14.2 Å². The molecular weight excluding hydrogens is 256 g/mol. The molecule has 20 heavy (non-hydrogen) atoms. The highest BCUT2D eigenvalue weighted by Crippen LogP contribution is 2.37. The van der Waals surface area contributed by atoms with Crippen molar-refractivity contribution in [3.63, 3.8) is 0 Å². The van der Waals surface area contributed by atoms with E-state index in [9.17, 15) is 4.79 Å². The lowest BCUT2D eigenvalue weighted by molar-refractivity contribution is -0.309. The molecule has 1 atom stereocenters. The van der Waals surface area contributed by atoms with Gasteiger partial charge in [0.2, 0.25) is 0 Å². The Kier molecular flexibility index (Phi) is 5.08. The molecule has 0 N–H and O–H groups in total. The molecule has 0 aromatic carbocycles. The molecule has 1 spiro atoms. The second-order valence-corrected chi connectivity index (χ2v) is 6.68. The summed E-state index contributed by atoms with van der Waals surface area (Å²) in [6.45, 7) is 6.90. The van der Waals surface area contributed by atoms with Gasteiger partial charge in [0.05, 0.1) is 18.1 Å². The third kappa shape index (κ3) is 3.73. The second-order valence-electron chi connectivity index (χ2n) is 6.68. The van der Waals surface area contributed by atoms with Crippen LogP contribution in [0.5, 0.6) is 0 Å². The Bertz CT molecular complexity index is 326. The molecule has 0 amide bonds. The van der Waals surface area contributed by atoms with E-state index >= 15 is 0 Å². The molecule has 1 saturated heterocycles. The molecule has 1 unspecified atom stereocenters. The van der Waals surface area contributed by atoms with Crippen LogP contribution in [0.4, 0.5) is 0 Å². The van der Waals surface area contributed by atoms with Crippen LogP contribution in [0.3, 0.4) is 0 Å². The van der Waals surface area contributed by atoms with E-state index in [0.29, 0.717) is 13.2 Å². The SMILES string of the molecule is CCC(C)(C)C(=O)OCC1CCOC2(CCCCC2)O1. The number of carbonyl (C=O) groups excluding carboxylic acids is 1. The average Bonchev–Trinajstić information content (AvgIpc) is 2.45. The van der Waals surface area contributed by atoms with Gasteiger partial charge in [0, 0.05) is 19.3 Å². The van der Waals surface area contributed by atoms with Gasteiger partial charge in [0.1, 0.15) is 6.61 Å². The summed E-state index contributed by atoms with van der Waals surface area (Å²) >= 11 is 0. The highest BCUT2D eigenvalue weighted by molar-refractivity contribution is 5.75. The lowest BCUT2D eigenvalue weighted by Gasteiger charge is -2.43. The van der Waals surface area contributed by atoms with Gasteiger partial charge in [-0.05, 0) is 33.1 Å². The van der Waals surface area contributed by atoms with Crippen LogP contribution in [0.1, 0.15) is 65.7 Å². The fourth-order valence-corrected chi connectivity index (χ4v) is 2.75. The zero-order valence-corrected chi connectivity index (χ0v) is 13.1. The van der Waals surface area contributed by atoms with Gasteiger partial charge < -0.3 is 14.2 Å². The quantitative estimate of drug-likeness (QED) is 0.742. The van der Waals surface area contributed by atoms with Gasteiger partial charge in [-0.2, -0.15) is 0 Å². The molecule has 1 heterocycles. The van der Waals surface area contributed by atoms with Gasteiger partial charge in [-0.1, -0.05) is 13.3 Å². The van der Waals surface area contributed by atoms with Crippen molar-refractivity contribution in [3.8, 4) is 0 Å². The second kappa shape index (κ2) is 6.44. The highest BCUT2D eigenvalue weighted by atomic mass is 16.7. The summed E-state index contributed by atoms with van der Waals surface area (Å²) in [5.41, 5.74) is -0.409. The number of ether oxygens (including phenoxy) is 3. The van der Waals surface area contributed by atoms with E-state index in [2.05, 4.69) is 0 Å². The van der Waals surface area contributed by atoms with Gasteiger partial charge in [-0.3, -0.25) is 4.79 Å². The molecule has 2 aliphatic rings.